The summed E-state index contributed by atoms with van der Waals surface area (Å²) in [4.78, 5) is 10.4. The van der Waals surface area contributed by atoms with E-state index >= 15 is 0 Å². The van der Waals surface area contributed by atoms with Crippen molar-refractivity contribution in [1.82, 2.24) is 0 Å². The Bertz CT molecular complexity index is 179. The molecule has 1 rings (SSSR count). The van der Waals surface area contributed by atoms with Gasteiger partial charge in [-0.3, -0.25) is 4.79 Å². The first kappa shape index (κ1) is 8.20. The molecule has 1 aliphatic heterocycles. The van der Waals surface area contributed by atoms with E-state index in [0.717, 1.165) is 0 Å². The Kier molecular flexibility index (Phi) is 2.59. The third kappa shape index (κ3) is 2.67. The summed E-state index contributed by atoms with van der Waals surface area (Å²) in [7, 11) is 0. The first-order chi connectivity index (χ1) is 5.18. The zero-order valence-corrected chi connectivity index (χ0v) is 6.12. The smallest absolute Gasteiger partial charge is 0.303 e. The number of rotatable bonds is 1. The van der Waals surface area contributed by atoms with Crippen LogP contribution in [0, 0.1) is 0 Å². The lowest BCUT2D eigenvalue weighted by Gasteiger charge is -2.18. The summed E-state index contributed by atoms with van der Waals surface area (Å²) in [6.45, 7) is 1.40. The first-order valence-corrected chi connectivity index (χ1v) is 3.29. The SMILES string of the molecule is CC(=O)O[C@H]1C=C[C@@H](F)OC1. The van der Waals surface area contributed by atoms with E-state index in [4.69, 9.17) is 4.74 Å². The van der Waals surface area contributed by atoms with Crippen LogP contribution in [0.15, 0.2) is 12.2 Å². The van der Waals surface area contributed by atoms with E-state index in [0.29, 0.717) is 0 Å². The highest BCUT2D eigenvalue weighted by atomic mass is 19.1. The Labute approximate surface area is 63.8 Å². The minimum atomic E-state index is -1.36. The largest absolute Gasteiger partial charge is 0.456 e. The highest BCUT2D eigenvalue weighted by Gasteiger charge is 2.16. The second kappa shape index (κ2) is 3.48. The molecule has 1 heterocycles. The van der Waals surface area contributed by atoms with Gasteiger partial charge in [0.15, 0.2) is 0 Å². The van der Waals surface area contributed by atoms with Crippen LogP contribution in [0.4, 0.5) is 4.39 Å². The van der Waals surface area contributed by atoms with Crippen LogP contribution < -0.4 is 0 Å². The number of alkyl halides is 1. The molecule has 0 saturated carbocycles. The normalized spacial score (nSPS) is 30.0. The number of ether oxygens (including phenoxy) is 2. The van der Waals surface area contributed by atoms with Gasteiger partial charge in [0.25, 0.3) is 0 Å². The number of halogens is 1. The summed E-state index contributed by atoms with van der Waals surface area (Å²) >= 11 is 0. The van der Waals surface area contributed by atoms with E-state index in [1.54, 1.807) is 0 Å². The van der Waals surface area contributed by atoms with Crippen LogP contribution in [0.2, 0.25) is 0 Å². The van der Waals surface area contributed by atoms with Gasteiger partial charge in [0.1, 0.15) is 6.10 Å². The van der Waals surface area contributed by atoms with Crippen LogP contribution in [0.25, 0.3) is 0 Å². The number of hydrogen-bond donors (Lipinski definition) is 0. The lowest BCUT2D eigenvalue weighted by Crippen LogP contribution is -2.26. The Morgan fingerprint density at radius 1 is 1.73 bits per heavy atom. The highest BCUT2D eigenvalue weighted by Crippen LogP contribution is 2.08. The van der Waals surface area contributed by atoms with Crippen molar-refractivity contribution in [2.75, 3.05) is 6.61 Å². The molecule has 0 aliphatic carbocycles. The molecule has 0 aromatic rings. The number of hydrogen-bond acceptors (Lipinski definition) is 3. The van der Waals surface area contributed by atoms with Gasteiger partial charge in [-0.05, 0) is 12.2 Å². The molecule has 0 N–H and O–H groups in total. The lowest BCUT2D eigenvalue weighted by atomic mass is 10.3. The molecule has 4 heteroatoms. The minimum Gasteiger partial charge on any atom is -0.456 e. The zero-order valence-electron chi connectivity index (χ0n) is 6.12. The summed E-state index contributed by atoms with van der Waals surface area (Å²) in [6, 6.07) is 0. The summed E-state index contributed by atoms with van der Waals surface area (Å²) in [5.41, 5.74) is 0. The molecule has 0 bridgehead atoms. The molecule has 0 saturated heterocycles. The van der Waals surface area contributed by atoms with Gasteiger partial charge in [-0.1, -0.05) is 0 Å². The zero-order chi connectivity index (χ0) is 8.27. The molecule has 0 spiro atoms. The third-order valence-corrected chi connectivity index (χ3v) is 1.21. The molecule has 0 aromatic carbocycles. The Balaban J connectivity index is 2.38. The predicted octanol–water partition coefficient (Wildman–Crippen LogP) is 0.800. The van der Waals surface area contributed by atoms with Crippen LogP contribution in [0.3, 0.4) is 0 Å². The topological polar surface area (TPSA) is 35.5 Å². The number of carbonyl (C=O) groups is 1. The molecule has 0 aromatic heterocycles. The summed E-state index contributed by atoms with van der Waals surface area (Å²) in [5, 5.41) is 0. The molecule has 2 atom stereocenters. The molecule has 62 valence electrons. The maximum absolute atomic E-state index is 12.2. The number of esters is 1. The van der Waals surface area contributed by atoms with Crippen molar-refractivity contribution in [3.8, 4) is 0 Å². The van der Waals surface area contributed by atoms with Crippen molar-refractivity contribution in [3.63, 3.8) is 0 Å². The van der Waals surface area contributed by atoms with E-state index in [-0.39, 0.29) is 12.6 Å². The minimum absolute atomic E-state index is 0.0945. The summed E-state index contributed by atoms with van der Waals surface area (Å²) < 4.78 is 21.5. The van der Waals surface area contributed by atoms with E-state index in [9.17, 15) is 9.18 Å². The summed E-state index contributed by atoms with van der Waals surface area (Å²) in [5.74, 6) is -0.388. The third-order valence-electron chi connectivity index (χ3n) is 1.21. The molecule has 1 aliphatic rings. The molecule has 11 heavy (non-hydrogen) atoms. The standard InChI is InChI=1S/C7H9FO3/c1-5(9)11-6-2-3-7(8)10-4-6/h2-3,6-7H,4H2,1H3/t6-,7-/m0/s1. The van der Waals surface area contributed by atoms with E-state index in [1.165, 1.54) is 19.1 Å². The fraction of sp³-hybridized carbons (Fsp3) is 0.571. The number of carbonyl (C=O) groups excluding carboxylic acids is 1. The van der Waals surface area contributed by atoms with Crippen LogP contribution in [-0.2, 0) is 14.3 Å². The Morgan fingerprint density at radius 2 is 2.45 bits per heavy atom. The fourth-order valence-corrected chi connectivity index (χ4v) is 0.796. The van der Waals surface area contributed by atoms with Crippen LogP contribution in [0.5, 0.6) is 0 Å². The second-order valence-corrected chi connectivity index (χ2v) is 2.22. The van der Waals surface area contributed by atoms with E-state index < -0.39 is 12.5 Å². The van der Waals surface area contributed by atoms with Gasteiger partial charge in [0.05, 0.1) is 6.61 Å². The monoisotopic (exact) mass is 160 g/mol. The summed E-state index contributed by atoms with van der Waals surface area (Å²) in [6.07, 6.45) is 0.911. The van der Waals surface area contributed by atoms with Crippen LogP contribution >= 0.6 is 0 Å². The van der Waals surface area contributed by atoms with E-state index in [1.807, 2.05) is 0 Å². The van der Waals surface area contributed by atoms with Crippen molar-refractivity contribution < 1.29 is 18.7 Å². The molecule has 0 amide bonds. The Hall–Kier alpha value is -0.900. The molecule has 3 nitrogen and oxygen atoms in total. The van der Waals surface area contributed by atoms with Crippen molar-refractivity contribution in [1.29, 1.82) is 0 Å². The van der Waals surface area contributed by atoms with Gasteiger partial charge in [-0.25, -0.2) is 4.39 Å². The van der Waals surface area contributed by atoms with Crippen molar-refractivity contribution in [2.45, 2.75) is 19.4 Å². The van der Waals surface area contributed by atoms with Gasteiger partial charge in [0.2, 0.25) is 6.36 Å². The average molecular weight is 160 g/mol. The fourth-order valence-electron chi connectivity index (χ4n) is 0.796. The lowest BCUT2D eigenvalue weighted by molar-refractivity contribution is -0.150. The first-order valence-electron chi connectivity index (χ1n) is 3.29. The molecule has 0 radical (unpaired) electrons. The van der Waals surface area contributed by atoms with Gasteiger partial charge < -0.3 is 9.47 Å². The van der Waals surface area contributed by atoms with Crippen LogP contribution in [-0.4, -0.2) is 25.0 Å². The van der Waals surface area contributed by atoms with Gasteiger partial charge >= 0.3 is 5.97 Å². The van der Waals surface area contributed by atoms with Gasteiger partial charge in [-0.2, -0.15) is 0 Å². The molecular weight excluding hydrogens is 151 g/mol. The van der Waals surface area contributed by atoms with Gasteiger partial charge in [0, 0.05) is 6.92 Å². The van der Waals surface area contributed by atoms with Crippen molar-refractivity contribution in [3.05, 3.63) is 12.2 Å². The van der Waals surface area contributed by atoms with Crippen molar-refractivity contribution in [2.24, 2.45) is 0 Å². The molecular formula is C7H9FO3. The average Bonchev–Trinajstić information content (AvgIpc) is 1.93. The Morgan fingerprint density at radius 3 is 2.91 bits per heavy atom. The van der Waals surface area contributed by atoms with Gasteiger partial charge in [-0.15, -0.1) is 0 Å². The predicted molar refractivity (Wildman–Crippen MR) is 35.5 cm³/mol. The maximum atomic E-state index is 12.2. The second-order valence-electron chi connectivity index (χ2n) is 2.22. The molecule has 0 unspecified atom stereocenters. The quantitative estimate of drug-likeness (QED) is 0.420. The highest BCUT2D eigenvalue weighted by molar-refractivity contribution is 5.66. The van der Waals surface area contributed by atoms with E-state index in [2.05, 4.69) is 4.74 Å². The van der Waals surface area contributed by atoms with Crippen molar-refractivity contribution >= 4 is 5.97 Å². The molecule has 0 fully saturated rings. The maximum Gasteiger partial charge on any atom is 0.303 e. The van der Waals surface area contributed by atoms with Crippen LogP contribution in [0.1, 0.15) is 6.92 Å².